The van der Waals surface area contributed by atoms with Gasteiger partial charge >= 0.3 is 0 Å². The summed E-state index contributed by atoms with van der Waals surface area (Å²) in [6.45, 7) is 82.5. The van der Waals surface area contributed by atoms with Gasteiger partial charge in [-0.3, -0.25) is 0 Å². The van der Waals surface area contributed by atoms with Gasteiger partial charge < -0.3 is 0 Å². The van der Waals surface area contributed by atoms with E-state index < -0.39 is 32.3 Å². The summed E-state index contributed by atoms with van der Waals surface area (Å²) in [5.41, 5.74) is 29.4. The molecule has 4 aromatic carbocycles. The van der Waals surface area contributed by atoms with E-state index in [2.05, 4.69) is 406 Å². The predicted molar refractivity (Wildman–Crippen MR) is 476 cm³/mol. The molecule has 0 N–H and O–H groups in total. The second-order valence-electron chi connectivity index (χ2n) is 41.7. The number of aromatic nitrogens is 4. The van der Waals surface area contributed by atoms with Crippen LogP contribution in [-0.2, 0) is 60.3 Å². The van der Waals surface area contributed by atoms with Gasteiger partial charge in [-0.2, -0.15) is 0 Å². The van der Waals surface area contributed by atoms with Gasteiger partial charge in [0.15, 0.2) is 24.8 Å². The molecule has 4 heterocycles. The van der Waals surface area contributed by atoms with Crippen molar-refractivity contribution in [1.82, 2.24) is 0 Å². The largest absolute Gasteiger partial charge is 0.212 e. The number of aryl methyl sites for hydroxylation is 9. The molecule has 4 aromatic heterocycles. The van der Waals surface area contributed by atoms with Crippen LogP contribution in [0.2, 0.25) is 78.6 Å². The third kappa shape index (κ3) is 26.3. The Morgan fingerprint density at radius 3 is 0.895 bits per heavy atom. The van der Waals surface area contributed by atoms with Crippen LogP contribution in [0.1, 0.15) is 216 Å². The van der Waals surface area contributed by atoms with Crippen molar-refractivity contribution in [2.75, 3.05) is 0 Å². The van der Waals surface area contributed by atoms with E-state index in [1.54, 1.807) is 20.7 Å². The van der Waals surface area contributed by atoms with E-state index in [0.717, 1.165) is 32.1 Å². The van der Waals surface area contributed by atoms with Gasteiger partial charge in [-0.05, 0) is 203 Å². The first-order chi connectivity index (χ1) is 47.8. The van der Waals surface area contributed by atoms with E-state index >= 15 is 0 Å². The molecular weight excluding hydrogens is 1330 g/mol. The zero-order valence-electron chi connectivity index (χ0n) is 75.0. The van der Waals surface area contributed by atoms with E-state index in [-0.39, 0.29) is 0 Å². The van der Waals surface area contributed by atoms with Gasteiger partial charge in [-0.25, -0.2) is 18.3 Å². The number of hydrogen-bond acceptors (Lipinski definition) is 0. The van der Waals surface area contributed by atoms with Gasteiger partial charge in [-0.15, -0.1) is 0 Å². The molecule has 105 heavy (non-hydrogen) atoms. The molecule has 0 aliphatic rings. The highest BCUT2D eigenvalue weighted by molar-refractivity contribution is 6.90. The normalized spacial score (nSPS) is 12.7. The molecule has 0 aliphatic carbocycles. The van der Waals surface area contributed by atoms with Crippen LogP contribution in [0.5, 0.6) is 0 Å². The van der Waals surface area contributed by atoms with Crippen molar-refractivity contribution in [3.8, 4) is 45.0 Å². The first-order valence-corrected chi connectivity index (χ1v) is 54.3. The van der Waals surface area contributed by atoms with Gasteiger partial charge in [0.05, 0.1) is 32.3 Å². The van der Waals surface area contributed by atoms with Gasteiger partial charge in [0.25, 0.3) is 0 Å². The van der Waals surface area contributed by atoms with Crippen LogP contribution in [-0.4, -0.2) is 32.3 Å². The van der Waals surface area contributed by atoms with Crippen LogP contribution in [0.3, 0.4) is 0 Å². The average Bonchev–Trinajstić information content (AvgIpc) is 0.796. The van der Waals surface area contributed by atoms with Crippen LogP contribution in [0.15, 0.2) is 122 Å². The maximum Gasteiger partial charge on any atom is 0.212 e. The lowest BCUT2D eigenvalue weighted by molar-refractivity contribution is -0.660. The highest BCUT2D eigenvalue weighted by atomic mass is 28.3. The predicted octanol–water partition coefficient (Wildman–Crippen LogP) is 23.0. The monoisotopic (exact) mass is 1490 g/mol. The minimum atomic E-state index is -1.44. The van der Waals surface area contributed by atoms with Crippen molar-refractivity contribution in [1.29, 1.82) is 0 Å². The molecule has 574 valence electrons. The minimum absolute atomic E-state index is 0.300. The van der Waals surface area contributed by atoms with Crippen molar-refractivity contribution in [3.05, 3.63) is 189 Å². The molecular formula is C97H154N4Si4+4. The van der Waals surface area contributed by atoms with Gasteiger partial charge in [0.1, 0.15) is 28.2 Å². The third-order valence-corrected chi connectivity index (χ3v) is 28.9. The maximum absolute atomic E-state index is 2.52. The molecule has 0 unspecified atom stereocenters. The quantitative estimate of drug-likeness (QED) is 0.0601. The van der Waals surface area contributed by atoms with E-state index in [0.29, 0.717) is 39.4 Å². The molecule has 0 saturated heterocycles. The standard InChI is InChI=1S/C26H42NSi.C25H40NSi.C24H38NSi.C22H34NSi/c1-11-20(12-2)21-14-13-19(3)23(15-21)24-16-25(28(8,9)10)22(18-27(24)7)17-26(4,5)6;1-18(2)13-20-11-12-22(19(3)14-20)23-15-24(27(8,9)10)21(17-26(23)7)16-25(4,5)6;1-17(2)19-11-12-21(18(3)13-19)22-14-23(26(8,9)10)20(16-25(22)7)15-24(4,5)6;1-16-10-11-19(17(2)12-16)20-13-21(24(7,8)9)18(15-23(20)6)14-22(3,4)5/h13-16,18,20H,11-12,17H2,1-10H3;11-12,14-15,17-18H,13,16H2,1-10H3;11-14,16-17H,15H2,1-10H3;10-13,15H,14H2,1-9H3/q4*+1. The summed E-state index contributed by atoms with van der Waals surface area (Å²) in [4.78, 5) is 0. The Kier molecular flexibility index (Phi) is 30.3. The van der Waals surface area contributed by atoms with Crippen molar-refractivity contribution >= 4 is 53.0 Å². The van der Waals surface area contributed by atoms with Crippen LogP contribution in [0.4, 0.5) is 0 Å². The fraction of sp³-hybridized carbons (Fsp3) is 0.546. The molecule has 0 aliphatic heterocycles. The van der Waals surface area contributed by atoms with Crippen LogP contribution in [0, 0.1) is 62.2 Å². The number of benzene rings is 4. The third-order valence-electron chi connectivity index (χ3n) is 20.6. The molecule has 8 aromatic rings. The first-order valence-electron chi connectivity index (χ1n) is 40.3. The lowest BCUT2D eigenvalue weighted by Crippen LogP contribution is -2.45. The van der Waals surface area contributed by atoms with Crippen molar-refractivity contribution in [2.45, 2.75) is 295 Å². The summed E-state index contributed by atoms with van der Waals surface area (Å²) in [5, 5.41) is 6.43. The molecule has 0 spiro atoms. The number of rotatable bonds is 18. The number of nitrogens with zero attached hydrogens (tertiary/aromatic N) is 4. The Labute approximate surface area is 650 Å². The smallest absolute Gasteiger partial charge is 0.201 e. The summed E-state index contributed by atoms with van der Waals surface area (Å²) >= 11 is 0. The first kappa shape index (κ1) is 90.0. The number of hydrogen-bond donors (Lipinski definition) is 0. The highest BCUT2D eigenvalue weighted by Crippen LogP contribution is 2.34. The number of pyridine rings is 4. The SMILES string of the molecule is CCC(CC)c1ccc(C)c(-c2cc([Si](C)(C)C)c(CC(C)(C)C)c[n+]2C)c1.Cc1cc(C(C)C)ccc1-c1cc([Si](C)(C)C)c(CC(C)(C)C)c[n+]1C.Cc1cc(CC(C)C)ccc1-c1cc([Si](C)(C)C)c(CC(C)(C)C)c[n+]1C.Cc1ccc(-c2cc([Si](C)(C)C)c(CC(C)(C)C)c[n+]2C)c(C)c1. The van der Waals surface area contributed by atoms with Gasteiger partial charge in [0, 0.05) is 68.8 Å². The minimum Gasteiger partial charge on any atom is -0.201 e. The highest BCUT2D eigenvalue weighted by Gasteiger charge is 2.33. The summed E-state index contributed by atoms with van der Waals surface area (Å²) in [6, 6.07) is 37.9. The summed E-state index contributed by atoms with van der Waals surface area (Å²) in [6.07, 6.45) is 17.7. The second-order valence-corrected chi connectivity index (χ2v) is 61.8. The lowest BCUT2D eigenvalue weighted by atomic mass is 9.88. The molecule has 0 fully saturated rings. The zero-order valence-corrected chi connectivity index (χ0v) is 79.0. The van der Waals surface area contributed by atoms with Crippen molar-refractivity contribution in [3.63, 3.8) is 0 Å². The lowest BCUT2D eigenvalue weighted by Gasteiger charge is -2.25. The van der Waals surface area contributed by atoms with Crippen LogP contribution in [0.25, 0.3) is 45.0 Å². The van der Waals surface area contributed by atoms with Crippen molar-refractivity contribution < 1.29 is 18.3 Å². The fourth-order valence-corrected chi connectivity index (χ4v) is 22.2. The zero-order chi connectivity index (χ0) is 80.0. The Hall–Kier alpha value is -5.65. The molecule has 0 radical (unpaired) electrons. The van der Waals surface area contributed by atoms with Crippen molar-refractivity contribution in [2.24, 2.45) is 55.8 Å². The molecule has 8 heteroatoms. The second kappa shape index (κ2) is 35.4. The van der Waals surface area contributed by atoms with Gasteiger partial charge in [-0.1, -0.05) is 257 Å². The molecule has 4 nitrogen and oxygen atoms in total. The summed E-state index contributed by atoms with van der Waals surface area (Å²) < 4.78 is 9.36. The summed E-state index contributed by atoms with van der Waals surface area (Å²) in [5.74, 6) is 1.92. The molecule has 0 amide bonds. The molecule has 0 atom stereocenters. The van der Waals surface area contributed by atoms with E-state index in [1.165, 1.54) is 125 Å². The van der Waals surface area contributed by atoms with E-state index in [4.69, 9.17) is 0 Å². The molecule has 0 saturated carbocycles. The summed E-state index contributed by atoms with van der Waals surface area (Å²) in [7, 11) is 3.11. The Morgan fingerprint density at radius 2 is 0.619 bits per heavy atom. The van der Waals surface area contributed by atoms with Gasteiger partial charge in [0.2, 0.25) is 22.8 Å². The Balaban J connectivity index is 0.000000252. The van der Waals surface area contributed by atoms with E-state index in [1.807, 2.05) is 0 Å². The average molecular weight is 1490 g/mol. The van der Waals surface area contributed by atoms with Crippen LogP contribution >= 0.6 is 0 Å². The Morgan fingerprint density at radius 1 is 0.324 bits per heavy atom. The maximum atomic E-state index is 2.52. The van der Waals surface area contributed by atoms with E-state index in [9.17, 15) is 0 Å². The topological polar surface area (TPSA) is 15.5 Å². The molecule has 0 bridgehead atoms. The fourth-order valence-electron chi connectivity index (χ4n) is 15.5. The Bertz CT molecular complexity index is 4250. The van der Waals surface area contributed by atoms with Crippen LogP contribution < -0.4 is 39.0 Å². The molecule has 8 rings (SSSR count).